The van der Waals surface area contributed by atoms with E-state index in [4.69, 9.17) is 4.74 Å². The minimum atomic E-state index is -0.696. The quantitative estimate of drug-likeness (QED) is 0.632. The van der Waals surface area contributed by atoms with Crippen molar-refractivity contribution in [3.05, 3.63) is 108 Å². The third-order valence-corrected chi connectivity index (χ3v) is 4.40. The first-order chi connectivity index (χ1) is 12.2. The van der Waals surface area contributed by atoms with Gasteiger partial charge >= 0.3 is 0 Å². The van der Waals surface area contributed by atoms with Gasteiger partial charge in [-0.3, -0.25) is 0 Å². The van der Waals surface area contributed by atoms with Gasteiger partial charge in [0.15, 0.2) is 0 Å². The van der Waals surface area contributed by atoms with E-state index in [2.05, 4.69) is 36.4 Å². The number of ether oxygens (including phenoxy) is 1. The Balaban J connectivity index is 2.16. The molecule has 1 atom stereocenters. The van der Waals surface area contributed by atoms with E-state index in [0.29, 0.717) is 13.0 Å². The van der Waals surface area contributed by atoms with Crippen molar-refractivity contribution in [1.82, 2.24) is 0 Å². The summed E-state index contributed by atoms with van der Waals surface area (Å²) in [5, 5.41) is 9.68. The van der Waals surface area contributed by atoms with E-state index in [9.17, 15) is 5.11 Å². The summed E-state index contributed by atoms with van der Waals surface area (Å²) in [6.07, 6.45) is 0.203. The summed E-state index contributed by atoms with van der Waals surface area (Å²) in [7, 11) is 0. The summed E-state index contributed by atoms with van der Waals surface area (Å²) in [5.74, 6) is 0. The van der Waals surface area contributed by atoms with E-state index in [1.165, 1.54) is 0 Å². The highest BCUT2D eigenvalue weighted by Gasteiger charge is 2.37. The maximum atomic E-state index is 9.68. The Kier molecular flexibility index (Phi) is 5.64. The molecule has 3 aromatic rings. The highest BCUT2D eigenvalue weighted by molar-refractivity contribution is 5.47. The number of aliphatic hydroxyl groups excluding tert-OH is 1. The molecule has 1 N–H and O–H groups in total. The van der Waals surface area contributed by atoms with Gasteiger partial charge in [-0.2, -0.15) is 0 Å². The van der Waals surface area contributed by atoms with Gasteiger partial charge < -0.3 is 9.84 Å². The zero-order valence-electron chi connectivity index (χ0n) is 14.5. The fourth-order valence-corrected chi connectivity index (χ4v) is 3.15. The first-order valence-electron chi connectivity index (χ1n) is 8.72. The molecule has 0 aliphatic heterocycles. The van der Waals surface area contributed by atoms with E-state index < -0.39 is 5.60 Å². The molecule has 0 bridgehead atoms. The Morgan fingerprint density at radius 1 is 0.720 bits per heavy atom. The van der Waals surface area contributed by atoms with Crippen LogP contribution in [0.5, 0.6) is 0 Å². The van der Waals surface area contributed by atoms with Crippen molar-refractivity contribution >= 4 is 0 Å². The Labute approximate surface area is 149 Å². The molecule has 25 heavy (non-hydrogen) atoms. The van der Waals surface area contributed by atoms with Crippen molar-refractivity contribution in [2.75, 3.05) is 6.61 Å². The molecule has 0 heterocycles. The van der Waals surface area contributed by atoms with Crippen LogP contribution in [0.15, 0.2) is 91.0 Å². The zero-order valence-corrected chi connectivity index (χ0v) is 14.5. The molecule has 0 fully saturated rings. The largest absolute Gasteiger partial charge is 0.393 e. The molecule has 0 saturated carbocycles. The van der Waals surface area contributed by atoms with Crippen LogP contribution in [0, 0.1) is 0 Å². The molecule has 0 saturated heterocycles. The SMILES string of the molecule is C[C@@H](O)CCOC(c1ccccc1)(c1ccccc1)c1ccccc1. The van der Waals surface area contributed by atoms with Crippen LogP contribution in [0.3, 0.4) is 0 Å². The van der Waals surface area contributed by atoms with Gasteiger partial charge in [0.05, 0.1) is 12.7 Å². The van der Waals surface area contributed by atoms with Gasteiger partial charge in [-0.1, -0.05) is 91.0 Å². The lowest BCUT2D eigenvalue weighted by Crippen LogP contribution is -2.33. The summed E-state index contributed by atoms with van der Waals surface area (Å²) in [6, 6.07) is 30.9. The first kappa shape index (κ1) is 17.4. The normalized spacial score (nSPS) is 12.7. The summed E-state index contributed by atoms with van der Waals surface area (Å²) in [6.45, 7) is 2.26. The van der Waals surface area contributed by atoms with E-state index in [1.807, 2.05) is 54.6 Å². The van der Waals surface area contributed by atoms with Crippen LogP contribution in [-0.4, -0.2) is 17.8 Å². The molecule has 0 aromatic heterocycles. The second-order valence-corrected chi connectivity index (χ2v) is 6.27. The third-order valence-electron chi connectivity index (χ3n) is 4.40. The van der Waals surface area contributed by atoms with Crippen molar-refractivity contribution in [3.63, 3.8) is 0 Å². The molecule has 3 rings (SSSR count). The van der Waals surface area contributed by atoms with Crippen LogP contribution in [0.1, 0.15) is 30.0 Å². The van der Waals surface area contributed by atoms with E-state index in [0.717, 1.165) is 16.7 Å². The lowest BCUT2D eigenvalue weighted by molar-refractivity contribution is -0.00298. The predicted octanol–water partition coefficient (Wildman–Crippen LogP) is 4.77. The molecular weight excluding hydrogens is 308 g/mol. The van der Waals surface area contributed by atoms with Crippen molar-refractivity contribution in [2.24, 2.45) is 0 Å². The van der Waals surface area contributed by atoms with Gasteiger partial charge in [-0.05, 0) is 30.0 Å². The van der Waals surface area contributed by atoms with Crippen molar-refractivity contribution in [3.8, 4) is 0 Å². The van der Waals surface area contributed by atoms with Crippen molar-refractivity contribution < 1.29 is 9.84 Å². The highest BCUT2D eigenvalue weighted by Crippen LogP contribution is 2.40. The topological polar surface area (TPSA) is 29.5 Å². The molecule has 2 heteroatoms. The molecule has 0 radical (unpaired) electrons. The monoisotopic (exact) mass is 332 g/mol. The molecule has 0 aliphatic carbocycles. The molecule has 3 aromatic carbocycles. The maximum Gasteiger partial charge on any atom is 0.143 e. The molecular formula is C23H24O2. The third kappa shape index (κ3) is 3.81. The Hall–Kier alpha value is -2.42. The maximum absolute atomic E-state index is 9.68. The van der Waals surface area contributed by atoms with Gasteiger partial charge in [0, 0.05) is 0 Å². The molecule has 0 spiro atoms. The first-order valence-corrected chi connectivity index (χ1v) is 8.72. The number of hydrogen-bond donors (Lipinski definition) is 1. The van der Waals surface area contributed by atoms with E-state index in [1.54, 1.807) is 6.92 Å². The second-order valence-electron chi connectivity index (χ2n) is 6.27. The standard InChI is InChI=1S/C23H24O2/c1-19(24)17-18-25-23(20-11-5-2-6-12-20,21-13-7-3-8-14-21)22-15-9-4-10-16-22/h2-16,19,24H,17-18H2,1H3/t19-/m1/s1. The Bertz CT molecular complexity index is 655. The van der Waals surface area contributed by atoms with Crippen LogP contribution in [0.4, 0.5) is 0 Å². The molecule has 0 amide bonds. The summed E-state index contributed by atoms with van der Waals surface area (Å²) in [5.41, 5.74) is 2.55. The molecule has 0 aliphatic rings. The fourth-order valence-electron chi connectivity index (χ4n) is 3.15. The van der Waals surface area contributed by atoms with E-state index >= 15 is 0 Å². The van der Waals surface area contributed by atoms with Crippen LogP contribution >= 0.6 is 0 Å². The number of benzene rings is 3. The Morgan fingerprint density at radius 3 is 1.40 bits per heavy atom. The van der Waals surface area contributed by atoms with Crippen LogP contribution in [0.25, 0.3) is 0 Å². The van der Waals surface area contributed by atoms with Gasteiger partial charge in [0.2, 0.25) is 0 Å². The summed E-state index contributed by atoms with van der Waals surface area (Å²) in [4.78, 5) is 0. The van der Waals surface area contributed by atoms with Crippen molar-refractivity contribution in [2.45, 2.75) is 25.0 Å². The average Bonchev–Trinajstić information content (AvgIpc) is 2.67. The van der Waals surface area contributed by atoms with Gasteiger partial charge in [0.25, 0.3) is 0 Å². The number of rotatable bonds is 7. The number of hydrogen-bond acceptors (Lipinski definition) is 2. The van der Waals surface area contributed by atoms with Crippen LogP contribution < -0.4 is 0 Å². The van der Waals surface area contributed by atoms with Gasteiger partial charge in [0.1, 0.15) is 5.60 Å². The zero-order chi connectivity index (χ0) is 17.5. The molecule has 0 unspecified atom stereocenters. The summed E-state index contributed by atoms with van der Waals surface area (Å²) >= 11 is 0. The van der Waals surface area contributed by atoms with E-state index in [-0.39, 0.29) is 6.10 Å². The average molecular weight is 332 g/mol. The lowest BCUT2D eigenvalue weighted by Gasteiger charge is -2.36. The number of aliphatic hydroxyl groups is 1. The second kappa shape index (κ2) is 8.11. The van der Waals surface area contributed by atoms with Crippen LogP contribution in [0.2, 0.25) is 0 Å². The summed E-state index contributed by atoms with van der Waals surface area (Å²) < 4.78 is 6.54. The minimum Gasteiger partial charge on any atom is -0.393 e. The minimum absolute atomic E-state index is 0.389. The molecule has 128 valence electrons. The molecule has 2 nitrogen and oxygen atoms in total. The smallest absolute Gasteiger partial charge is 0.143 e. The Morgan fingerprint density at radius 2 is 1.08 bits per heavy atom. The fraction of sp³-hybridized carbons (Fsp3) is 0.217. The predicted molar refractivity (Wildman–Crippen MR) is 101 cm³/mol. The lowest BCUT2D eigenvalue weighted by atomic mass is 9.80. The van der Waals surface area contributed by atoms with Crippen LogP contribution in [-0.2, 0) is 10.3 Å². The van der Waals surface area contributed by atoms with Gasteiger partial charge in [-0.15, -0.1) is 0 Å². The van der Waals surface area contributed by atoms with Gasteiger partial charge in [-0.25, -0.2) is 0 Å². The van der Waals surface area contributed by atoms with Crippen molar-refractivity contribution in [1.29, 1.82) is 0 Å². The highest BCUT2D eigenvalue weighted by atomic mass is 16.5.